The summed E-state index contributed by atoms with van der Waals surface area (Å²) in [4.78, 5) is 25.5. The Hall–Kier alpha value is -3.40. The first-order chi connectivity index (χ1) is 18.8. The van der Waals surface area contributed by atoms with Crippen LogP contribution in [0.5, 0.6) is 5.75 Å². The first-order valence-corrected chi connectivity index (χ1v) is 14.6. The molecule has 4 heteroatoms. The van der Waals surface area contributed by atoms with E-state index >= 15 is 0 Å². The second kappa shape index (κ2) is 12.8. The number of hydrogen-bond donors (Lipinski definition) is 0. The Morgan fingerprint density at radius 3 is 1.88 bits per heavy atom. The number of carbonyl (C=O) groups excluding carboxylic acids is 2. The van der Waals surface area contributed by atoms with Crippen molar-refractivity contribution in [1.82, 2.24) is 0 Å². The van der Waals surface area contributed by atoms with Crippen LogP contribution in [-0.4, -0.2) is 18.0 Å². The predicted molar refractivity (Wildman–Crippen MR) is 164 cm³/mol. The minimum absolute atomic E-state index is 0.183. The quantitative estimate of drug-likeness (QED) is 0.189. The lowest BCUT2D eigenvalue weighted by molar-refractivity contribution is 0.0334. The molecule has 3 rings (SSSR count). The molecule has 0 aliphatic rings. The maximum Gasteiger partial charge on any atom is 0.343 e. The van der Waals surface area contributed by atoms with Crippen molar-refractivity contribution in [1.29, 1.82) is 0 Å². The maximum atomic E-state index is 13.0. The SMILES string of the molecule is CCC(C)OC(=O)c1cccc(C(=O)Oc2cc(C)c(C(C)c3cc(C)c(C(C)(CC)CC)cc3C)cc2C)c1. The van der Waals surface area contributed by atoms with Crippen molar-refractivity contribution in [2.24, 2.45) is 0 Å². The molecule has 0 heterocycles. The fraction of sp³-hybridized carbons (Fsp3) is 0.444. The van der Waals surface area contributed by atoms with Gasteiger partial charge in [-0.1, -0.05) is 58.9 Å². The van der Waals surface area contributed by atoms with E-state index in [-0.39, 0.29) is 17.4 Å². The molecule has 0 aromatic heterocycles. The Balaban J connectivity index is 1.86. The summed E-state index contributed by atoms with van der Waals surface area (Å²) >= 11 is 0. The molecule has 3 aromatic carbocycles. The van der Waals surface area contributed by atoms with Crippen LogP contribution in [0.2, 0.25) is 0 Å². The molecule has 0 fully saturated rings. The van der Waals surface area contributed by atoms with Crippen molar-refractivity contribution in [3.05, 3.63) is 98.6 Å². The molecule has 0 radical (unpaired) electrons. The lowest BCUT2D eigenvalue weighted by Crippen LogP contribution is -2.21. The van der Waals surface area contributed by atoms with Gasteiger partial charge in [-0.15, -0.1) is 0 Å². The van der Waals surface area contributed by atoms with E-state index in [0.29, 0.717) is 16.9 Å². The minimum atomic E-state index is -0.501. The molecule has 0 saturated carbocycles. The summed E-state index contributed by atoms with van der Waals surface area (Å²) < 4.78 is 11.2. The summed E-state index contributed by atoms with van der Waals surface area (Å²) in [5.41, 5.74) is 9.42. The molecule has 0 aliphatic carbocycles. The lowest BCUT2D eigenvalue weighted by atomic mass is 9.74. The van der Waals surface area contributed by atoms with Gasteiger partial charge in [0, 0.05) is 5.92 Å². The highest BCUT2D eigenvalue weighted by molar-refractivity contribution is 5.96. The number of benzene rings is 3. The van der Waals surface area contributed by atoms with Gasteiger partial charge in [-0.2, -0.15) is 0 Å². The average Bonchev–Trinajstić information content (AvgIpc) is 2.94. The smallest absolute Gasteiger partial charge is 0.343 e. The highest BCUT2D eigenvalue weighted by Gasteiger charge is 2.26. The summed E-state index contributed by atoms with van der Waals surface area (Å²) in [7, 11) is 0. The maximum absolute atomic E-state index is 13.0. The third kappa shape index (κ3) is 6.66. The van der Waals surface area contributed by atoms with E-state index in [1.165, 1.54) is 33.9 Å². The van der Waals surface area contributed by atoms with Gasteiger partial charge >= 0.3 is 11.9 Å². The number of esters is 2. The van der Waals surface area contributed by atoms with Gasteiger partial charge in [0.25, 0.3) is 0 Å². The van der Waals surface area contributed by atoms with Crippen molar-refractivity contribution in [2.45, 2.75) is 106 Å². The molecule has 0 saturated heterocycles. The zero-order chi connectivity index (χ0) is 29.8. The Morgan fingerprint density at radius 1 is 0.750 bits per heavy atom. The Morgan fingerprint density at radius 2 is 1.30 bits per heavy atom. The topological polar surface area (TPSA) is 52.6 Å². The van der Waals surface area contributed by atoms with Crippen LogP contribution in [0.15, 0.2) is 48.5 Å². The third-order valence-corrected chi connectivity index (χ3v) is 8.74. The van der Waals surface area contributed by atoms with E-state index in [4.69, 9.17) is 9.47 Å². The van der Waals surface area contributed by atoms with Crippen molar-refractivity contribution in [3.63, 3.8) is 0 Å². The first kappa shape index (κ1) is 31.1. The second-order valence-corrected chi connectivity index (χ2v) is 11.6. The van der Waals surface area contributed by atoms with Gasteiger partial charge in [-0.05, 0) is 123 Å². The molecule has 40 heavy (non-hydrogen) atoms. The van der Waals surface area contributed by atoms with Gasteiger partial charge in [-0.3, -0.25) is 0 Å². The molecule has 2 unspecified atom stereocenters. The highest BCUT2D eigenvalue weighted by atomic mass is 16.5. The molecule has 0 spiro atoms. The zero-order valence-electron chi connectivity index (χ0n) is 26.0. The van der Waals surface area contributed by atoms with E-state index < -0.39 is 11.9 Å². The molecule has 0 N–H and O–H groups in total. The van der Waals surface area contributed by atoms with Crippen molar-refractivity contribution in [3.8, 4) is 5.75 Å². The average molecular weight is 543 g/mol. The number of hydrogen-bond acceptors (Lipinski definition) is 4. The monoisotopic (exact) mass is 542 g/mol. The van der Waals surface area contributed by atoms with E-state index in [9.17, 15) is 9.59 Å². The van der Waals surface area contributed by atoms with E-state index in [1.807, 2.05) is 26.8 Å². The van der Waals surface area contributed by atoms with Crippen molar-refractivity contribution < 1.29 is 19.1 Å². The second-order valence-electron chi connectivity index (χ2n) is 11.6. The fourth-order valence-corrected chi connectivity index (χ4v) is 5.41. The number of aryl methyl sites for hydroxylation is 4. The van der Waals surface area contributed by atoms with Gasteiger partial charge in [0.15, 0.2) is 0 Å². The van der Waals surface area contributed by atoms with E-state index in [2.05, 4.69) is 66.7 Å². The minimum Gasteiger partial charge on any atom is -0.459 e. The molecule has 3 aromatic rings. The Kier molecular flexibility index (Phi) is 10.00. The Labute approximate surface area is 241 Å². The number of ether oxygens (including phenoxy) is 2. The normalized spacial score (nSPS) is 13.1. The molecule has 214 valence electrons. The van der Waals surface area contributed by atoms with Gasteiger partial charge in [0.1, 0.15) is 5.75 Å². The molecule has 4 nitrogen and oxygen atoms in total. The van der Waals surface area contributed by atoms with Gasteiger partial charge in [-0.25, -0.2) is 9.59 Å². The van der Waals surface area contributed by atoms with Gasteiger partial charge in [0.2, 0.25) is 0 Å². The molecular weight excluding hydrogens is 496 g/mol. The number of rotatable bonds is 10. The predicted octanol–water partition coefficient (Wildman–Crippen LogP) is 9.32. The first-order valence-electron chi connectivity index (χ1n) is 14.6. The molecule has 0 amide bonds. The molecule has 0 bridgehead atoms. The third-order valence-electron chi connectivity index (χ3n) is 8.74. The summed E-state index contributed by atoms with van der Waals surface area (Å²) in [6.07, 6.45) is 2.77. The molecule has 0 aliphatic heterocycles. The fourth-order valence-electron chi connectivity index (χ4n) is 5.41. The van der Waals surface area contributed by atoms with Crippen LogP contribution in [0.25, 0.3) is 0 Å². The van der Waals surface area contributed by atoms with E-state index in [1.54, 1.807) is 18.2 Å². The summed E-state index contributed by atoms with van der Waals surface area (Å²) in [6, 6.07) is 15.3. The largest absolute Gasteiger partial charge is 0.459 e. The van der Waals surface area contributed by atoms with Crippen LogP contribution in [0.3, 0.4) is 0 Å². The van der Waals surface area contributed by atoms with Gasteiger partial charge < -0.3 is 9.47 Å². The van der Waals surface area contributed by atoms with Crippen LogP contribution in [0, 0.1) is 27.7 Å². The van der Waals surface area contributed by atoms with Gasteiger partial charge in [0.05, 0.1) is 17.2 Å². The van der Waals surface area contributed by atoms with Crippen LogP contribution < -0.4 is 4.74 Å². The molecular formula is C36H46O4. The summed E-state index contributed by atoms with van der Waals surface area (Å²) in [5.74, 6) is -0.227. The molecule has 2 atom stereocenters. The van der Waals surface area contributed by atoms with Crippen LogP contribution >= 0.6 is 0 Å². The van der Waals surface area contributed by atoms with Crippen molar-refractivity contribution >= 4 is 11.9 Å². The highest BCUT2D eigenvalue weighted by Crippen LogP contribution is 2.38. The van der Waals surface area contributed by atoms with Crippen LogP contribution in [0.4, 0.5) is 0 Å². The van der Waals surface area contributed by atoms with Crippen LogP contribution in [0.1, 0.15) is 126 Å². The number of carbonyl (C=O) groups is 2. The van der Waals surface area contributed by atoms with E-state index in [0.717, 1.165) is 30.4 Å². The summed E-state index contributed by atoms with van der Waals surface area (Å²) in [5, 5.41) is 0. The zero-order valence-corrected chi connectivity index (χ0v) is 26.0. The standard InChI is InChI=1S/C36H46O4/c1-11-26(8)39-34(37)28-15-14-16-29(21-28)35(38)40-33-20-23(5)31(18-25(33)7)27(9)30-17-24(6)32(19-22(30)4)36(10,12-2)13-3/h14-21,26-27H,11-13H2,1-10H3. The Bertz CT molecular complexity index is 1380. The van der Waals surface area contributed by atoms with Crippen molar-refractivity contribution in [2.75, 3.05) is 0 Å². The lowest BCUT2D eigenvalue weighted by Gasteiger charge is -2.31. The van der Waals surface area contributed by atoms with Crippen LogP contribution in [-0.2, 0) is 10.2 Å². The summed E-state index contributed by atoms with van der Waals surface area (Å²) in [6.45, 7) is 21.4.